The monoisotopic (exact) mass is 378 g/mol. The lowest BCUT2D eigenvalue weighted by molar-refractivity contribution is 0.0972. The highest BCUT2D eigenvalue weighted by molar-refractivity contribution is 6.09. The molecule has 0 aliphatic heterocycles. The van der Waals surface area contributed by atoms with Crippen LogP contribution in [0.2, 0.25) is 0 Å². The normalized spacial score (nSPS) is 11.2. The van der Waals surface area contributed by atoms with Crippen LogP contribution in [0.5, 0.6) is 5.75 Å². The fraction of sp³-hybridized carbons (Fsp3) is 0.0952. The molecule has 0 spiro atoms. The van der Waals surface area contributed by atoms with E-state index in [9.17, 15) is 23.9 Å². The van der Waals surface area contributed by atoms with Gasteiger partial charge in [-0.3, -0.25) is 19.0 Å². The highest BCUT2D eigenvalue weighted by atomic mass is 19.1. The average Bonchev–Trinajstić information content (AvgIpc) is 2.95. The predicted molar refractivity (Wildman–Crippen MR) is 102 cm³/mol. The SMILES string of the molecule is Cn1c(C=O)c(O)c2c(=O)n(CC(=O)c3ccccc3)c3ccc(F)cc3c21. The summed E-state index contributed by atoms with van der Waals surface area (Å²) in [7, 11) is 1.51. The second kappa shape index (κ2) is 6.45. The Balaban J connectivity index is 2.07. The van der Waals surface area contributed by atoms with Gasteiger partial charge in [0.25, 0.3) is 5.56 Å². The largest absolute Gasteiger partial charge is 0.505 e. The zero-order chi connectivity index (χ0) is 20.0. The number of fused-ring (bicyclic) bond motifs is 3. The molecule has 28 heavy (non-hydrogen) atoms. The lowest BCUT2D eigenvalue weighted by Gasteiger charge is -2.12. The van der Waals surface area contributed by atoms with Crippen LogP contribution in [0.3, 0.4) is 0 Å². The number of nitrogens with zero attached hydrogens (tertiary/aromatic N) is 2. The van der Waals surface area contributed by atoms with Gasteiger partial charge in [0, 0.05) is 18.0 Å². The topological polar surface area (TPSA) is 81.3 Å². The van der Waals surface area contributed by atoms with Gasteiger partial charge in [0.15, 0.2) is 17.8 Å². The number of rotatable bonds is 4. The number of Topliss-reactive ketones (excluding diaryl/α,β-unsaturated/α-hetero) is 1. The minimum atomic E-state index is -0.625. The van der Waals surface area contributed by atoms with Crippen molar-refractivity contribution in [3.63, 3.8) is 0 Å². The third-order valence-corrected chi connectivity index (χ3v) is 4.89. The molecule has 140 valence electrons. The van der Waals surface area contributed by atoms with Crippen molar-refractivity contribution in [2.45, 2.75) is 6.54 Å². The maximum atomic E-state index is 13.9. The smallest absolute Gasteiger partial charge is 0.264 e. The van der Waals surface area contributed by atoms with Crippen LogP contribution in [-0.4, -0.2) is 26.3 Å². The molecule has 0 saturated carbocycles. The van der Waals surface area contributed by atoms with Gasteiger partial charge in [-0.2, -0.15) is 0 Å². The number of aromatic hydroxyl groups is 1. The van der Waals surface area contributed by atoms with E-state index in [1.54, 1.807) is 30.3 Å². The summed E-state index contributed by atoms with van der Waals surface area (Å²) in [5.41, 5.74) is 0.281. The molecule has 0 unspecified atom stereocenters. The van der Waals surface area contributed by atoms with Crippen molar-refractivity contribution in [1.82, 2.24) is 9.13 Å². The number of aryl methyl sites for hydroxylation is 1. The van der Waals surface area contributed by atoms with Crippen LogP contribution in [0.15, 0.2) is 53.3 Å². The van der Waals surface area contributed by atoms with Gasteiger partial charge in [-0.1, -0.05) is 30.3 Å². The summed E-state index contributed by atoms with van der Waals surface area (Å²) in [5.74, 6) is -1.33. The van der Waals surface area contributed by atoms with Crippen LogP contribution in [0.1, 0.15) is 20.8 Å². The first-order valence-electron chi connectivity index (χ1n) is 8.51. The molecule has 0 aliphatic rings. The van der Waals surface area contributed by atoms with Gasteiger partial charge in [0.2, 0.25) is 0 Å². The van der Waals surface area contributed by atoms with Crippen LogP contribution in [-0.2, 0) is 13.6 Å². The van der Waals surface area contributed by atoms with Gasteiger partial charge in [-0.25, -0.2) is 4.39 Å². The molecule has 2 aromatic carbocycles. The number of halogens is 1. The molecule has 0 bridgehead atoms. The fourth-order valence-corrected chi connectivity index (χ4v) is 3.53. The maximum absolute atomic E-state index is 13.9. The Bertz CT molecular complexity index is 1320. The zero-order valence-corrected chi connectivity index (χ0v) is 14.8. The van der Waals surface area contributed by atoms with E-state index in [4.69, 9.17) is 0 Å². The number of hydrogen-bond acceptors (Lipinski definition) is 4. The minimum absolute atomic E-state index is 0.0928. The highest BCUT2D eigenvalue weighted by Crippen LogP contribution is 2.33. The van der Waals surface area contributed by atoms with Crippen LogP contribution >= 0.6 is 0 Å². The van der Waals surface area contributed by atoms with E-state index < -0.39 is 17.1 Å². The fourth-order valence-electron chi connectivity index (χ4n) is 3.53. The number of aromatic nitrogens is 2. The lowest BCUT2D eigenvalue weighted by Crippen LogP contribution is -2.25. The van der Waals surface area contributed by atoms with Crippen LogP contribution in [0.25, 0.3) is 21.8 Å². The molecule has 0 aliphatic carbocycles. The molecule has 4 aromatic rings. The van der Waals surface area contributed by atoms with E-state index in [0.29, 0.717) is 22.8 Å². The molecular formula is C21H15FN2O4. The van der Waals surface area contributed by atoms with Gasteiger partial charge in [0.1, 0.15) is 16.9 Å². The first-order valence-corrected chi connectivity index (χ1v) is 8.51. The van der Waals surface area contributed by atoms with E-state index in [-0.39, 0.29) is 28.9 Å². The molecular weight excluding hydrogens is 363 g/mol. The standard InChI is InChI=1S/C21H15FN2O4/c1-23-16(11-25)20(27)18-19(23)14-9-13(22)7-8-15(14)24(21(18)28)10-17(26)12-5-3-2-4-6-12/h2-9,11,27H,10H2,1H3. The quantitative estimate of drug-likeness (QED) is 0.437. The first kappa shape index (κ1) is 17.7. The Morgan fingerprint density at radius 2 is 1.89 bits per heavy atom. The molecule has 4 rings (SSSR count). The van der Waals surface area contributed by atoms with E-state index in [1.165, 1.54) is 34.4 Å². The average molecular weight is 378 g/mol. The van der Waals surface area contributed by atoms with Gasteiger partial charge in [0.05, 0.1) is 17.6 Å². The molecule has 2 aromatic heterocycles. The molecule has 0 saturated heterocycles. The number of aldehydes is 1. The molecule has 0 atom stereocenters. The maximum Gasteiger partial charge on any atom is 0.264 e. The Hall–Kier alpha value is -3.74. The number of benzene rings is 2. The zero-order valence-electron chi connectivity index (χ0n) is 14.8. The van der Waals surface area contributed by atoms with Crippen molar-refractivity contribution in [1.29, 1.82) is 0 Å². The van der Waals surface area contributed by atoms with E-state index in [0.717, 1.165) is 0 Å². The summed E-state index contributed by atoms with van der Waals surface area (Å²) < 4.78 is 16.5. The summed E-state index contributed by atoms with van der Waals surface area (Å²) >= 11 is 0. The number of carbonyl (C=O) groups excluding carboxylic acids is 2. The summed E-state index contributed by atoms with van der Waals surface area (Å²) in [4.78, 5) is 37.2. The second-order valence-corrected chi connectivity index (χ2v) is 6.48. The number of pyridine rings is 1. The number of ketones is 1. The lowest BCUT2D eigenvalue weighted by atomic mass is 10.1. The molecule has 2 heterocycles. The minimum Gasteiger partial charge on any atom is -0.505 e. The van der Waals surface area contributed by atoms with Gasteiger partial charge in [-0.15, -0.1) is 0 Å². The van der Waals surface area contributed by atoms with Crippen LogP contribution < -0.4 is 5.56 Å². The van der Waals surface area contributed by atoms with Crippen LogP contribution in [0, 0.1) is 5.82 Å². The number of carbonyl (C=O) groups is 2. The number of hydrogen-bond donors (Lipinski definition) is 1. The Morgan fingerprint density at radius 1 is 1.18 bits per heavy atom. The van der Waals surface area contributed by atoms with Crippen molar-refractivity contribution >= 4 is 33.9 Å². The molecule has 0 radical (unpaired) electrons. The van der Waals surface area contributed by atoms with E-state index in [2.05, 4.69) is 0 Å². The van der Waals surface area contributed by atoms with Gasteiger partial charge < -0.3 is 9.67 Å². The first-order chi connectivity index (χ1) is 13.4. The predicted octanol–water partition coefficient (Wildman–Crippen LogP) is 3.03. The third kappa shape index (κ3) is 2.51. The summed E-state index contributed by atoms with van der Waals surface area (Å²) in [6, 6.07) is 12.3. The third-order valence-electron chi connectivity index (χ3n) is 4.89. The van der Waals surface area contributed by atoms with Gasteiger partial charge >= 0.3 is 0 Å². The molecule has 6 nitrogen and oxygen atoms in total. The molecule has 0 amide bonds. The Morgan fingerprint density at radius 3 is 2.57 bits per heavy atom. The second-order valence-electron chi connectivity index (χ2n) is 6.48. The molecule has 7 heteroatoms. The summed E-state index contributed by atoms with van der Waals surface area (Å²) in [6.07, 6.45) is 0.430. The molecule has 1 N–H and O–H groups in total. The van der Waals surface area contributed by atoms with Crippen molar-refractivity contribution in [2.24, 2.45) is 7.05 Å². The van der Waals surface area contributed by atoms with Crippen LogP contribution in [0.4, 0.5) is 4.39 Å². The van der Waals surface area contributed by atoms with Gasteiger partial charge in [-0.05, 0) is 18.2 Å². The summed E-state index contributed by atoms with van der Waals surface area (Å²) in [6.45, 7) is -0.286. The Kier molecular flexibility index (Phi) is 4.07. The summed E-state index contributed by atoms with van der Waals surface area (Å²) in [5, 5.41) is 10.6. The molecule has 0 fully saturated rings. The van der Waals surface area contributed by atoms with Crippen molar-refractivity contribution in [2.75, 3.05) is 0 Å². The van der Waals surface area contributed by atoms with E-state index >= 15 is 0 Å². The van der Waals surface area contributed by atoms with Crippen molar-refractivity contribution in [3.05, 3.63) is 76.0 Å². The Labute approximate surface area is 158 Å². The highest BCUT2D eigenvalue weighted by Gasteiger charge is 2.23. The van der Waals surface area contributed by atoms with Crippen molar-refractivity contribution < 1.29 is 19.1 Å². The van der Waals surface area contributed by atoms with E-state index in [1.807, 2.05) is 0 Å². The van der Waals surface area contributed by atoms with Crippen molar-refractivity contribution in [3.8, 4) is 5.75 Å².